The van der Waals surface area contributed by atoms with Gasteiger partial charge in [-0.2, -0.15) is 4.31 Å². The molecule has 0 saturated carbocycles. The Hall–Kier alpha value is -1.96. The molecule has 2 aromatic rings. The van der Waals surface area contributed by atoms with E-state index in [1.807, 2.05) is 58.0 Å². The quantitative estimate of drug-likeness (QED) is 0.739. The van der Waals surface area contributed by atoms with Crippen molar-refractivity contribution in [2.45, 2.75) is 50.7 Å². The van der Waals surface area contributed by atoms with E-state index in [9.17, 15) is 13.5 Å². The highest BCUT2D eigenvalue weighted by Gasteiger charge is 2.29. The topological polar surface area (TPSA) is 82.5 Å². The van der Waals surface area contributed by atoms with Gasteiger partial charge in [0.05, 0.1) is 12.6 Å². The Labute approximate surface area is 155 Å². The molecular weight excluding hydrogens is 350 g/mol. The van der Waals surface area contributed by atoms with Gasteiger partial charge in [0.25, 0.3) is 0 Å². The molecule has 0 aliphatic carbocycles. The van der Waals surface area contributed by atoms with Crippen molar-refractivity contribution in [1.29, 1.82) is 0 Å². The molecule has 6 nitrogen and oxygen atoms in total. The summed E-state index contributed by atoms with van der Waals surface area (Å²) < 4.78 is 27.2. The van der Waals surface area contributed by atoms with Gasteiger partial charge < -0.3 is 10.4 Å². The highest BCUT2D eigenvalue weighted by molar-refractivity contribution is 7.89. The number of sulfonamides is 1. The second-order valence-electron chi connectivity index (χ2n) is 6.69. The third-order valence-corrected chi connectivity index (χ3v) is 6.27. The highest BCUT2D eigenvalue weighted by atomic mass is 32.2. The summed E-state index contributed by atoms with van der Waals surface area (Å²) in [5.41, 5.74) is 0.930. The van der Waals surface area contributed by atoms with Gasteiger partial charge in [0.2, 0.25) is 10.0 Å². The lowest BCUT2D eigenvalue weighted by molar-refractivity contribution is 0.276. The number of aliphatic hydroxyl groups excluding tert-OH is 1. The maximum absolute atomic E-state index is 12.9. The summed E-state index contributed by atoms with van der Waals surface area (Å²) in [7, 11) is -3.61. The maximum Gasteiger partial charge on any atom is 0.245 e. The lowest BCUT2D eigenvalue weighted by atomic mass is 10.1. The molecule has 2 N–H and O–H groups in total. The number of aliphatic hydroxyl groups is 1. The Morgan fingerprint density at radius 1 is 1.04 bits per heavy atom. The third kappa shape index (κ3) is 4.60. The zero-order valence-corrected chi connectivity index (χ0v) is 16.4. The minimum absolute atomic E-state index is 0.0970. The molecule has 1 heterocycles. The summed E-state index contributed by atoms with van der Waals surface area (Å²) in [6.07, 6.45) is 1.36. The van der Waals surface area contributed by atoms with Gasteiger partial charge in [-0.05, 0) is 45.4 Å². The average Bonchev–Trinajstić information content (AvgIpc) is 2.59. The lowest BCUT2D eigenvalue weighted by Gasteiger charge is -2.29. The Balaban J connectivity index is 2.22. The summed E-state index contributed by atoms with van der Waals surface area (Å²) in [4.78, 5) is 4.39. The van der Waals surface area contributed by atoms with E-state index in [4.69, 9.17) is 0 Å². The first kappa shape index (κ1) is 20.4. The fraction of sp³-hybridized carbons (Fsp3) is 0.421. The van der Waals surface area contributed by atoms with Crippen molar-refractivity contribution in [3.8, 4) is 0 Å². The molecule has 1 unspecified atom stereocenters. The van der Waals surface area contributed by atoms with Gasteiger partial charge in [0.15, 0.2) is 0 Å². The van der Waals surface area contributed by atoms with E-state index in [2.05, 4.69) is 10.3 Å². The minimum Gasteiger partial charge on any atom is -0.394 e. The highest BCUT2D eigenvalue weighted by Crippen LogP contribution is 2.23. The predicted octanol–water partition coefficient (Wildman–Crippen LogP) is 3.03. The molecule has 0 spiro atoms. The largest absolute Gasteiger partial charge is 0.394 e. The summed E-state index contributed by atoms with van der Waals surface area (Å²) >= 11 is 0. The van der Waals surface area contributed by atoms with Crippen molar-refractivity contribution < 1.29 is 13.5 Å². The first-order chi connectivity index (χ1) is 12.3. The van der Waals surface area contributed by atoms with Crippen LogP contribution in [0.3, 0.4) is 0 Å². The lowest BCUT2D eigenvalue weighted by Crippen LogP contribution is -2.41. The molecule has 0 fully saturated rings. The zero-order valence-electron chi connectivity index (χ0n) is 15.6. The number of aromatic nitrogens is 1. The van der Waals surface area contributed by atoms with Gasteiger partial charge in [-0.3, -0.25) is 0 Å². The van der Waals surface area contributed by atoms with E-state index in [1.54, 1.807) is 12.1 Å². The first-order valence-corrected chi connectivity index (χ1v) is 10.1. The molecule has 1 aromatic carbocycles. The molecular formula is C19H27N3O3S. The summed E-state index contributed by atoms with van der Waals surface area (Å²) in [6.45, 7) is 7.32. The average molecular weight is 378 g/mol. The molecule has 1 aromatic heterocycles. The summed E-state index contributed by atoms with van der Waals surface area (Å²) in [5, 5.41) is 12.8. The second kappa shape index (κ2) is 8.62. The fourth-order valence-electron chi connectivity index (χ4n) is 2.99. The van der Waals surface area contributed by atoms with Crippen molar-refractivity contribution in [3.05, 3.63) is 54.2 Å². The van der Waals surface area contributed by atoms with E-state index in [1.165, 1.54) is 10.5 Å². The maximum atomic E-state index is 12.9. The Bertz CT molecular complexity index is 783. The normalized spacial score (nSPS) is 13.4. The number of hydrogen-bond donors (Lipinski definition) is 2. The van der Waals surface area contributed by atoms with Crippen LogP contribution in [0.15, 0.2) is 53.6 Å². The standard InChI is InChI=1S/C19H27N3O3S/c1-14(2)22(15(3)4)26(24,25)17-10-11-19(20-12-17)21-18(13-23)16-8-6-5-7-9-16/h5-12,14-15,18,23H,13H2,1-4H3,(H,20,21). The van der Waals surface area contributed by atoms with Crippen LogP contribution >= 0.6 is 0 Å². The van der Waals surface area contributed by atoms with E-state index in [0.717, 1.165) is 5.56 Å². The van der Waals surface area contributed by atoms with Crippen LogP contribution in [0.5, 0.6) is 0 Å². The fourth-order valence-corrected chi connectivity index (χ4v) is 4.77. The number of anilines is 1. The number of nitrogens with one attached hydrogen (secondary N) is 1. The van der Waals surface area contributed by atoms with Gasteiger partial charge >= 0.3 is 0 Å². The number of pyridine rings is 1. The Kier molecular flexibility index (Phi) is 6.75. The number of benzene rings is 1. The zero-order chi connectivity index (χ0) is 19.3. The third-order valence-electron chi connectivity index (χ3n) is 4.04. The van der Waals surface area contributed by atoms with Crippen molar-refractivity contribution in [1.82, 2.24) is 9.29 Å². The Morgan fingerprint density at radius 2 is 1.65 bits per heavy atom. The number of rotatable bonds is 8. The van der Waals surface area contributed by atoms with Crippen LogP contribution in [-0.2, 0) is 10.0 Å². The smallest absolute Gasteiger partial charge is 0.245 e. The molecule has 0 aliphatic heterocycles. The molecule has 0 amide bonds. The molecule has 26 heavy (non-hydrogen) atoms. The molecule has 142 valence electrons. The monoisotopic (exact) mass is 377 g/mol. The number of nitrogens with zero attached hydrogens (tertiary/aromatic N) is 2. The van der Waals surface area contributed by atoms with E-state index >= 15 is 0 Å². The molecule has 7 heteroatoms. The SMILES string of the molecule is CC(C)N(C(C)C)S(=O)(=O)c1ccc(NC(CO)c2ccccc2)nc1. The van der Waals surface area contributed by atoms with Gasteiger partial charge in [-0.25, -0.2) is 13.4 Å². The molecule has 0 saturated heterocycles. The molecule has 1 atom stereocenters. The minimum atomic E-state index is -3.61. The summed E-state index contributed by atoms with van der Waals surface area (Å²) in [6, 6.07) is 12.1. The van der Waals surface area contributed by atoms with Crippen LogP contribution in [0, 0.1) is 0 Å². The van der Waals surface area contributed by atoms with E-state index in [0.29, 0.717) is 5.82 Å². The Morgan fingerprint density at radius 3 is 2.12 bits per heavy atom. The molecule has 2 rings (SSSR count). The van der Waals surface area contributed by atoms with E-state index in [-0.39, 0.29) is 29.6 Å². The first-order valence-electron chi connectivity index (χ1n) is 8.69. The molecule has 0 aliphatic rings. The van der Waals surface area contributed by atoms with Crippen molar-refractivity contribution in [3.63, 3.8) is 0 Å². The summed E-state index contributed by atoms with van der Waals surface area (Å²) in [5.74, 6) is 0.507. The van der Waals surface area contributed by atoms with Gasteiger partial charge in [0, 0.05) is 18.3 Å². The van der Waals surface area contributed by atoms with Crippen LogP contribution in [0.2, 0.25) is 0 Å². The van der Waals surface area contributed by atoms with Crippen molar-refractivity contribution in [2.24, 2.45) is 0 Å². The predicted molar refractivity (Wildman–Crippen MR) is 103 cm³/mol. The van der Waals surface area contributed by atoms with Gasteiger partial charge in [0.1, 0.15) is 10.7 Å². The van der Waals surface area contributed by atoms with Crippen LogP contribution < -0.4 is 5.32 Å². The van der Waals surface area contributed by atoms with Crippen LogP contribution in [0.1, 0.15) is 39.3 Å². The van der Waals surface area contributed by atoms with Crippen LogP contribution in [0.4, 0.5) is 5.82 Å². The molecule has 0 radical (unpaired) electrons. The van der Waals surface area contributed by atoms with Gasteiger partial charge in [-0.15, -0.1) is 0 Å². The second-order valence-corrected chi connectivity index (χ2v) is 8.53. The van der Waals surface area contributed by atoms with Crippen LogP contribution in [0.25, 0.3) is 0 Å². The van der Waals surface area contributed by atoms with Crippen LogP contribution in [-0.4, -0.2) is 41.5 Å². The van der Waals surface area contributed by atoms with E-state index < -0.39 is 10.0 Å². The van der Waals surface area contributed by atoms with Crippen molar-refractivity contribution >= 4 is 15.8 Å². The van der Waals surface area contributed by atoms with Crippen molar-refractivity contribution in [2.75, 3.05) is 11.9 Å². The van der Waals surface area contributed by atoms with Gasteiger partial charge in [-0.1, -0.05) is 30.3 Å². The molecule has 0 bridgehead atoms. The number of hydrogen-bond acceptors (Lipinski definition) is 5.